The Labute approximate surface area is 201 Å². The van der Waals surface area contributed by atoms with Gasteiger partial charge in [-0.15, -0.1) is 0 Å². The first-order valence-electron chi connectivity index (χ1n) is 11.7. The maximum Gasteiger partial charge on any atom is 0.170 e. The summed E-state index contributed by atoms with van der Waals surface area (Å²) in [5.74, 6) is 0. The van der Waals surface area contributed by atoms with Gasteiger partial charge in [0.1, 0.15) is 0 Å². The first-order chi connectivity index (χ1) is 16.1. The van der Waals surface area contributed by atoms with Crippen LogP contribution >= 0.6 is 12.2 Å². The number of thiocarbonyl (C=S) groups is 1. The van der Waals surface area contributed by atoms with Gasteiger partial charge in [0.25, 0.3) is 0 Å². The quantitative estimate of drug-likeness (QED) is 0.341. The van der Waals surface area contributed by atoms with Crippen molar-refractivity contribution in [2.75, 3.05) is 6.54 Å². The van der Waals surface area contributed by atoms with E-state index < -0.39 is 0 Å². The van der Waals surface area contributed by atoms with Crippen molar-refractivity contribution in [1.82, 2.24) is 19.8 Å². The molecule has 0 amide bonds. The first-order valence-corrected chi connectivity index (χ1v) is 12.2. The maximum atomic E-state index is 5.83. The highest BCUT2D eigenvalue weighted by molar-refractivity contribution is 7.80. The zero-order valence-electron chi connectivity index (χ0n) is 19.5. The standard InChI is InChI=1S/C28H30N4S/c1-4-5-17-31-27(26(30-28(31)33)24-14-8-9-16-29-24)23-18-19(2)32(20(23)3)25-15-10-12-21-11-6-7-13-22(21)25/h6-16,18,26-27H,4-5,17H2,1-3H3,(H,30,33). The van der Waals surface area contributed by atoms with Crippen molar-refractivity contribution >= 4 is 28.1 Å². The molecule has 33 heavy (non-hydrogen) atoms. The molecule has 2 atom stereocenters. The molecule has 168 valence electrons. The van der Waals surface area contributed by atoms with Gasteiger partial charge in [-0.1, -0.05) is 55.8 Å². The number of hydrogen-bond donors (Lipinski definition) is 1. The minimum atomic E-state index is 0.0250. The Bertz CT molecular complexity index is 1290. The lowest BCUT2D eigenvalue weighted by atomic mass is 9.96. The molecule has 0 radical (unpaired) electrons. The van der Waals surface area contributed by atoms with Gasteiger partial charge in [0.05, 0.1) is 23.5 Å². The van der Waals surface area contributed by atoms with E-state index in [9.17, 15) is 0 Å². The summed E-state index contributed by atoms with van der Waals surface area (Å²) in [6, 6.07) is 23.7. The zero-order valence-corrected chi connectivity index (χ0v) is 20.3. The van der Waals surface area contributed by atoms with Crippen LogP contribution in [0.5, 0.6) is 0 Å². The SMILES string of the molecule is CCCCN1C(=S)NC(c2ccccn2)C1c1cc(C)n(-c2cccc3ccccc23)c1C. The van der Waals surface area contributed by atoms with Gasteiger partial charge in [-0.05, 0) is 67.7 Å². The second-order valence-electron chi connectivity index (χ2n) is 8.83. The molecule has 0 bridgehead atoms. The van der Waals surface area contributed by atoms with Gasteiger partial charge in [0.15, 0.2) is 5.11 Å². The first kappa shape index (κ1) is 21.7. The van der Waals surface area contributed by atoms with Crippen LogP contribution in [0.2, 0.25) is 0 Å². The molecule has 0 aliphatic carbocycles. The van der Waals surface area contributed by atoms with Crippen LogP contribution in [-0.4, -0.2) is 26.1 Å². The number of pyridine rings is 1. The van der Waals surface area contributed by atoms with Gasteiger partial charge >= 0.3 is 0 Å². The molecule has 4 aromatic rings. The second kappa shape index (κ2) is 8.99. The van der Waals surface area contributed by atoms with Crippen LogP contribution in [0.4, 0.5) is 0 Å². The van der Waals surface area contributed by atoms with Gasteiger partial charge in [-0.25, -0.2) is 0 Å². The Hall–Kier alpha value is -3.18. The molecule has 0 saturated carbocycles. The molecule has 2 aromatic carbocycles. The molecule has 2 aromatic heterocycles. The van der Waals surface area contributed by atoms with Crippen molar-refractivity contribution in [3.05, 3.63) is 95.6 Å². The van der Waals surface area contributed by atoms with Crippen molar-refractivity contribution in [2.24, 2.45) is 0 Å². The predicted molar refractivity (Wildman–Crippen MR) is 140 cm³/mol. The Balaban J connectivity index is 1.66. The molecule has 1 saturated heterocycles. The van der Waals surface area contributed by atoms with Gasteiger partial charge in [0.2, 0.25) is 0 Å². The summed E-state index contributed by atoms with van der Waals surface area (Å²) >= 11 is 5.83. The zero-order chi connectivity index (χ0) is 22.9. The van der Waals surface area contributed by atoms with E-state index in [0.29, 0.717) is 0 Å². The highest BCUT2D eigenvalue weighted by Crippen LogP contribution is 2.42. The number of benzene rings is 2. The van der Waals surface area contributed by atoms with Crippen molar-refractivity contribution in [3.8, 4) is 5.69 Å². The summed E-state index contributed by atoms with van der Waals surface area (Å²) in [4.78, 5) is 7.06. The fourth-order valence-electron chi connectivity index (χ4n) is 5.17. The van der Waals surface area contributed by atoms with Gasteiger partial charge in [0, 0.05) is 29.5 Å². The molecule has 1 aliphatic rings. The highest BCUT2D eigenvalue weighted by Gasteiger charge is 2.41. The highest BCUT2D eigenvalue weighted by atomic mass is 32.1. The van der Waals surface area contributed by atoms with E-state index in [0.717, 1.165) is 30.2 Å². The number of nitrogens with zero attached hydrogens (tertiary/aromatic N) is 3. The van der Waals surface area contributed by atoms with Crippen molar-refractivity contribution in [2.45, 2.75) is 45.7 Å². The molecule has 4 nitrogen and oxygen atoms in total. The molecule has 1 fully saturated rings. The lowest BCUT2D eigenvalue weighted by molar-refractivity contribution is 0.312. The lowest BCUT2D eigenvalue weighted by Crippen LogP contribution is -2.30. The lowest BCUT2D eigenvalue weighted by Gasteiger charge is -2.28. The summed E-state index contributed by atoms with van der Waals surface area (Å²) in [5, 5.41) is 6.92. The van der Waals surface area contributed by atoms with Gasteiger partial charge < -0.3 is 14.8 Å². The second-order valence-corrected chi connectivity index (χ2v) is 9.22. The number of hydrogen-bond acceptors (Lipinski definition) is 2. The summed E-state index contributed by atoms with van der Waals surface area (Å²) < 4.78 is 2.40. The van der Waals surface area contributed by atoms with E-state index >= 15 is 0 Å². The largest absolute Gasteiger partial charge is 0.352 e. The fourth-order valence-corrected chi connectivity index (χ4v) is 5.51. The minimum absolute atomic E-state index is 0.0250. The molecular weight excluding hydrogens is 424 g/mol. The van der Waals surface area contributed by atoms with E-state index in [2.05, 4.69) is 101 Å². The van der Waals surface area contributed by atoms with Crippen LogP contribution in [0.1, 0.15) is 54.5 Å². The molecule has 1 N–H and O–H groups in total. The molecule has 5 heteroatoms. The molecule has 2 unspecified atom stereocenters. The third-order valence-corrected chi connectivity index (χ3v) is 7.10. The monoisotopic (exact) mass is 454 g/mol. The van der Waals surface area contributed by atoms with Crippen molar-refractivity contribution in [3.63, 3.8) is 0 Å². The van der Waals surface area contributed by atoms with Crippen molar-refractivity contribution < 1.29 is 0 Å². The van der Waals surface area contributed by atoms with Gasteiger partial charge in [-0.2, -0.15) is 0 Å². The fraction of sp³-hybridized carbons (Fsp3) is 0.286. The van der Waals surface area contributed by atoms with E-state index in [1.165, 1.54) is 33.4 Å². The average Bonchev–Trinajstić information content (AvgIpc) is 3.32. The number of aromatic nitrogens is 2. The molecule has 3 heterocycles. The minimum Gasteiger partial charge on any atom is -0.352 e. The summed E-state index contributed by atoms with van der Waals surface area (Å²) in [6.07, 6.45) is 4.11. The van der Waals surface area contributed by atoms with Crippen LogP contribution in [0.25, 0.3) is 16.5 Å². The summed E-state index contributed by atoms with van der Waals surface area (Å²) in [6.45, 7) is 7.60. The third-order valence-electron chi connectivity index (χ3n) is 6.75. The van der Waals surface area contributed by atoms with E-state index in [1.807, 2.05) is 12.3 Å². The van der Waals surface area contributed by atoms with E-state index in [4.69, 9.17) is 12.2 Å². The van der Waals surface area contributed by atoms with E-state index in [1.54, 1.807) is 0 Å². The number of aryl methyl sites for hydroxylation is 1. The Morgan fingerprint density at radius 2 is 1.79 bits per heavy atom. The van der Waals surface area contributed by atoms with Crippen LogP contribution < -0.4 is 5.32 Å². The average molecular weight is 455 g/mol. The normalized spacial score (nSPS) is 18.2. The summed E-state index contributed by atoms with van der Waals surface area (Å²) in [7, 11) is 0. The Morgan fingerprint density at radius 3 is 2.58 bits per heavy atom. The Kier molecular flexibility index (Phi) is 5.90. The Morgan fingerprint density at radius 1 is 1.00 bits per heavy atom. The predicted octanol–water partition coefficient (Wildman–Crippen LogP) is 6.41. The molecule has 0 spiro atoms. The number of nitrogens with one attached hydrogen (secondary N) is 1. The molecule has 1 aliphatic heterocycles. The summed E-state index contributed by atoms with van der Waals surface area (Å²) in [5.41, 5.74) is 6.03. The van der Waals surface area contributed by atoms with Crippen LogP contribution in [0, 0.1) is 13.8 Å². The maximum absolute atomic E-state index is 5.83. The third kappa shape index (κ3) is 3.80. The topological polar surface area (TPSA) is 33.1 Å². The number of fused-ring (bicyclic) bond motifs is 1. The number of rotatable bonds is 6. The molecule has 5 rings (SSSR count). The van der Waals surface area contributed by atoms with Crippen molar-refractivity contribution in [1.29, 1.82) is 0 Å². The molecular formula is C28H30N4S. The van der Waals surface area contributed by atoms with E-state index in [-0.39, 0.29) is 12.1 Å². The van der Waals surface area contributed by atoms with Crippen LogP contribution in [-0.2, 0) is 0 Å². The number of unbranched alkanes of at least 4 members (excludes halogenated alkanes) is 1. The smallest absolute Gasteiger partial charge is 0.170 e. The van der Waals surface area contributed by atoms with Crippen LogP contribution in [0.3, 0.4) is 0 Å². The van der Waals surface area contributed by atoms with Crippen LogP contribution in [0.15, 0.2) is 72.9 Å². The van der Waals surface area contributed by atoms with Gasteiger partial charge in [-0.3, -0.25) is 4.98 Å².